The molecular weight excluding hydrogens is 346 g/mol. The van der Waals surface area contributed by atoms with Crippen LogP contribution in [0.2, 0.25) is 0 Å². The van der Waals surface area contributed by atoms with Crippen LogP contribution >= 0.6 is 0 Å². The minimum absolute atomic E-state index is 0.139. The average Bonchev–Trinajstić information content (AvgIpc) is 2.52. The molecule has 1 amide bonds. The number of piperidine rings is 1. The van der Waals surface area contributed by atoms with Gasteiger partial charge in [0.2, 0.25) is 0 Å². The minimum Gasteiger partial charge on any atom is -0.444 e. The number of ether oxygens (including phenoxy) is 1. The zero-order valence-electron chi connectivity index (χ0n) is 16.6. The van der Waals surface area contributed by atoms with Crippen molar-refractivity contribution in [1.29, 1.82) is 0 Å². The van der Waals surface area contributed by atoms with Crippen LogP contribution in [0.3, 0.4) is 0 Å². The van der Waals surface area contributed by atoms with Crippen LogP contribution in [0.5, 0.6) is 0 Å². The van der Waals surface area contributed by atoms with Gasteiger partial charge in [0.05, 0.1) is 4.92 Å². The lowest BCUT2D eigenvalue weighted by molar-refractivity contribution is -0.384. The summed E-state index contributed by atoms with van der Waals surface area (Å²) < 4.78 is 5.33. The number of amides is 1. The first kappa shape index (κ1) is 19.5. The summed E-state index contributed by atoms with van der Waals surface area (Å²) >= 11 is 0. The van der Waals surface area contributed by atoms with Crippen LogP contribution in [0.25, 0.3) is 0 Å². The predicted molar refractivity (Wildman–Crippen MR) is 104 cm³/mol. The van der Waals surface area contributed by atoms with Crippen molar-refractivity contribution in [2.24, 2.45) is 5.41 Å². The number of carbonyl (C=O) groups is 1. The molecule has 1 aliphatic heterocycles. The van der Waals surface area contributed by atoms with Crippen LogP contribution in [0, 0.1) is 22.5 Å². The summed E-state index contributed by atoms with van der Waals surface area (Å²) in [6.45, 7) is 9.41. The number of nitro groups is 1. The molecule has 1 saturated heterocycles. The number of nitrogens with zero attached hydrogens (tertiary/aromatic N) is 2. The van der Waals surface area contributed by atoms with Crippen molar-refractivity contribution in [3.05, 3.63) is 33.9 Å². The first-order valence-electron chi connectivity index (χ1n) is 9.56. The largest absolute Gasteiger partial charge is 0.444 e. The van der Waals surface area contributed by atoms with Crippen LogP contribution in [0.15, 0.2) is 18.2 Å². The van der Waals surface area contributed by atoms with E-state index < -0.39 is 5.60 Å². The lowest BCUT2D eigenvalue weighted by Gasteiger charge is -2.52. The quantitative estimate of drug-likeness (QED) is 0.633. The number of hydrogen-bond donors (Lipinski definition) is 1. The Labute approximate surface area is 160 Å². The summed E-state index contributed by atoms with van der Waals surface area (Å²) in [5, 5.41) is 13.9. The Kier molecular flexibility index (Phi) is 5.06. The Morgan fingerprint density at radius 2 is 1.93 bits per heavy atom. The first-order valence-corrected chi connectivity index (χ1v) is 9.56. The Hall–Kier alpha value is -2.31. The molecule has 0 bridgehead atoms. The van der Waals surface area contributed by atoms with Crippen LogP contribution in [0.1, 0.15) is 52.0 Å². The van der Waals surface area contributed by atoms with Gasteiger partial charge in [-0.2, -0.15) is 0 Å². The van der Waals surface area contributed by atoms with E-state index in [0.29, 0.717) is 5.41 Å². The molecular formula is C20H29N3O4. The van der Waals surface area contributed by atoms with E-state index >= 15 is 0 Å². The van der Waals surface area contributed by atoms with E-state index in [2.05, 4.69) is 10.2 Å². The topological polar surface area (TPSA) is 84.7 Å². The maximum atomic E-state index is 11.9. The van der Waals surface area contributed by atoms with Crippen molar-refractivity contribution in [1.82, 2.24) is 5.32 Å². The molecule has 1 aromatic rings. The summed E-state index contributed by atoms with van der Waals surface area (Å²) in [6.07, 6.45) is 3.83. The predicted octanol–water partition coefficient (Wildman–Crippen LogP) is 4.18. The molecule has 1 aromatic carbocycles. The Bertz CT molecular complexity index is 725. The number of alkyl carbamates (subject to hydrolysis) is 1. The molecule has 3 rings (SSSR count). The summed E-state index contributed by atoms with van der Waals surface area (Å²) in [5.74, 6) is 0. The SMILES string of the molecule is Cc1cc([N+](=O)[O-])ccc1N1CCC2(CC1)CC(NC(=O)OC(C)(C)C)C2. The normalized spacial score (nSPS) is 19.5. The zero-order valence-corrected chi connectivity index (χ0v) is 16.6. The smallest absolute Gasteiger partial charge is 0.407 e. The summed E-state index contributed by atoms with van der Waals surface area (Å²) in [5.41, 5.74) is 2.00. The molecule has 1 heterocycles. The number of nitrogens with one attached hydrogen (secondary N) is 1. The van der Waals surface area contributed by atoms with Gasteiger partial charge in [-0.05, 0) is 70.4 Å². The van der Waals surface area contributed by atoms with Crippen molar-refractivity contribution in [2.75, 3.05) is 18.0 Å². The third kappa shape index (κ3) is 4.51. The van der Waals surface area contributed by atoms with Gasteiger partial charge in [-0.15, -0.1) is 0 Å². The van der Waals surface area contributed by atoms with E-state index in [4.69, 9.17) is 4.74 Å². The number of aryl methyl sites for hydroxylation is 1. The van der Waals surface area contributed by atoms with E-state index in [1.54, 1.807) is 12.1 Å². The minimum atomic E-state index is -0.473. The van der Waals surface area contributed by atoms with Gasteiger partial charge in [0, 0.05) is 37.0 Å². The second-order valence-corrected chi connectivity index (χ2v) is 8.97. The summed E-state index contributed by atoms with van der Waals surface area (Å²) in [6, 6.07) is 5.28. The molecule has 148 valence electrons. The number of nitro benzene ring substituents is 1. The number of anilines is 1. The van der Waals surface area contributed by atoms with E-state index in [0.717, 1.165) is 50.0 Å². The number of benzene rings is 1. The zero-order chi connectivity index (χ0) is 19.8. The van der Waals surface area contributed by atoms with E-state index in [1.165, 1.54) is 0 Å². The summed E-state index contributed by atoms with van der Waals surface area (Å²) in [7, 11) is 0. The number of carbonyl (C=O) groups excluding carboxylic acids is 1. The molecule has 0 aromatic heterocycles. The van der Waals surface area contributed by atoms with Crippen LogP contribution < -0.4 is 10.2 Å². The van der Waals surface area contributed by atoms with Gasteiger partial charge in [0.15, 0.2) is 0 Å². The Morgan fingerprint density at radius 1 is 1.30 bits per heavy atom. The molecule has 1 spiro atoms. The van der Waals surface area contributed by atoms with Crippen LogP contribution in [0.4, 0.5) is 16.2 Å². The van der Waals surface area contributed by atoms with E-state index in [-0.39, 0.29) is 22.7 Å². The maximum Gasteiger partial charge on any atom is 0.407 e. The van der Waals surface area contributed by atoms with Crippen molar-refractivity contribution in [2.45, 2.75) is 65.0 Å². The number of non-ortho nitro benzene ring substituents is 1. The van der Waals surface area contributed by atoms with Gasteiger partial charge in [0.1, 0.15) is 5.60 Å². The molecule has 7 heteroatoms. The van der Waals surface area contributed by atoms with Gasteiger partial charge < -0.3 is 15.0 Å². The number of rotatable bonds is 3. The Balaban J connectivity index is 1.50. The van der Waals surface area contributed by atoms with Crippen LogP contribution in [-0.2, 0) is 4.74 Å². The molecule has 0 radical (unpaired) electrons. The molecule has 1 aliphatic carbocycles. The van der Waals surface area contributed by atoms with Crippen molar-refractivity contribution in [3.8, 4) is 0 Å². The molecule has 0 atom stereocenters. The fraction of sp³-hybridized carbons (Fsp3) is 0.650. The van der Waals surface area contributed by atoms with E-state index in [1.807, 2.05) is 33.8 Å². The van der Waals surface area contributed by atoms with Gasteiger partial charge >= 0.3 is 6.09 Å². The monoisotopic (exact) mass is 375 g/mol. The van der Waals surface area contributed by atoms with Crippen molar-refractivity contribution < 1.29 is 14.5 Å². The average molecular weight is 375 g/mol. The standard InChI is InChI=1S/C20H29N3O4/c1-14-11-16(23(25)26)5-6-17(14)22-9-7-20(8-10-22)12-15(13-20)21-18(24)27-19(2,3)4/h5-6,11,15H,7-10,12-13H2,1-4H3,(H,21,24). The van der Waals surface area contributed by atoms with Gasteiger partial charge in [-0.25, -0.2) is 4.79 Å². The fourth-order valence-electron chi connectivity index (χ4n) is 4.30. The van der Waals surface area contributed by atoms with Gasteiger partial charge in [-0.3, -0.25) is 10.1 Å². The highest BCUT2D eigenvalue weighted by molar-refractivity contribution is 5.68. The van der Waals surface area contributed by atoms with E-state index in [9.17, 15) is 14.9 Å². The highest BCUT2D eigenvalue weighted by Crippen LogP contribution is 2.49. The lowest BCUT2D eigenvalue weighted by Crippen LogP contribution is -2.55. The number of hydrogen-bond acceptors (Lipinski definition) is 5. The third-order valence-electron chi connectivity index (χ3n) is 5.64. The van der Waals surface area contributed by atoms with Crippen molar-refractivity contribution >= 4 is 17.5 Å². The summed E-state index contributed by atoms with van der Waals surface area (Å²) in [4.78, 5) is 24.8. The second-order valence-electron chi connectivity index (χ2n) is 8.97. The molecule has 7 nitrogen and oxygen atoms in total. The lowest BCUT2D eigenvalue weighted by atomic mass is 9.60. The maximum absolute atomic E-state index is 11.9. The highest BCUT2D eigenvalue weighted by atomic mass is 16.6. The van der Waals surface area contributed by atoms with Gasteiger partial charge in [0.25, 0.3) is 5.69 Å². The molecule has 1 N–H and O–H groups in total. The van der Waals surface area contributed by atoms with Crippen molar-refractivity contribution in [3.63, 3.8) is 0 Å². The molecule has 0 unspecified atom stereocenters. The highest BCUT2D eigenvalue weighted by Gasteiger charge is 2.46. The Morgan fingerprint density at radius 3 is 2.44 bits per heavy atom. The molecule has 1 saturated carbocycles. The molecule has 2 aliphatic rings. The van der Waals surface area contributed by atoms with Crippen LogP contribution in [-0.4, -0.2) is 35.7 Å². The molecule has 27 heavy (non-hydrogen) atoms. The second kappa shape index (κ2) is 7.02. The third-order valence-corrected chi connectivity index (χ3v) is 5.64. The molecule has 2 fully saturated rings. The van der Waals surface area contributed by atoms with Gasteiger partial charge in [-0.1, -0.05) is 0 Å². The fourth-order valence-corrected chi connectivity index (χ4v) is 4.30. The first-order chi connectivity index (χ1) is 12.6.